The van der Waals surface area contributed by atoms with E-state index in [0.717, 1.165) is 30.6 Å². The molecule has 0 spiro atoms. The van der Waals surface area contributed by atoms with Crippen LogP contribution in [0.3, 0.4) is 0 Å². The fraction of sp³-hybridized carbons (Fsp3) is 0.308. The van der Waals surface area contributed by atoms with E-state index in [-0.39, 0.29) is 17.4 Å². The Morgan fingerprint density at radius 1 is 1.08 bits per heavy atom. The summed E-state index contributed by atoms with van der Waals surface area (Å²) < 4.78 is 1.62. The maximum atomic E-state index is 13.1. The Morgan fingerprint density at radius 3 is 2.64 bits per heavy atom. The van der Waals surface area contributed by atoms with Gasteiger partial charge in [-0.2, -0.15) is 5.10 Å². The van der Waals surface area contributed by atoms with E-state index in [0.29, 0.717) is 34.7 Å². The molecule has 0 bridgehead atoms. The summed E-state index contributed by atoms with van der Waals surface area (Å²) in [5.74, 6) is -0.442. The second-order valence-corrected chi connectivity index (χ2v) is 9.59. The van der Waals surface area contributed by atoms with Crippen LogP contribution in [-0.4, -0.2) is 59.9 Å². The number of hydrogen-bond donors (Lipinski definition) is 2. The summed E-state index contributed by atoms with van der Waals surface area (Å²) in [5.41, 5.74) is 4.29. The van der Waals surface area contributed by atoms with Crippen molar-refractivity contribution in [1.29, 1.82) is 0 Å². The van der Waals surface area contributed by atoms with E-state index < -0.39 is 0 Å². The number of carbonyl (C=O) groups excluding carboxylic acids is 2. The van der Waals surface area contributed by atoms with E-state index in [1.54, 1.807) is 48.5 Å². The van der Waals surface area contributed by atoms with Gasteiger partial charge in [-0.25, -0.2) is 4.52 Å². The molecule has 4 aromatic heterocycles. The van der Waals surface area contributed by atoms with Gasteiger partial charge in [0, 0.05) is 23.5 Å². The largest absolute Gasteiger partial charge is 0.324 e. The molecule has 10 nitrogen and oxygen atoms in total. The van der Waals surface area contributed by atoms with Crippen molar-refractivity contribution in [3.63, 3.8) is 0 Å². The summed E-state index contributed by atoms with van der Waals surface area (Å²) in [6, 6.07) is 5.44. The Kier molecular flexibility index (Phi) is 6.19. The van der Waals surface area contributed by atoms with Gasteiger partial charge in [0.25, 0.3) is 5.91 Å². The summed E-state index contributed by atoms with van der Waals surface area (Å²) in [5, 5.41) is 10.1. The first-order valence-electron chi connectivity index (χ1n) is 11.9. The first kappa shape index (κ1) is 23.6. The number of amides is 2. The highest BCUT2D eigenvalue weighted by Crippen LogP contribution is 2.28. The van der Waals surface area contributed by atoms with Gasteiger partial charge in [0.1, 0.15) is 0 Å². The minimum absolute atomic E-state index is 0.0181. The molecular formula is C26H28N8O2. The molecule has 0 unspecified atom stereocenters. The molecule has 1 saturated heterocycles. The number of aromatic nitrogens is 5. The summed E-state index contributed by atoms with van der Waals surface area (Å²) in [6.07, 6.45) is 12.1. The fourth-order valence-electron chi connectivity index (χ4n) is 4.48. The molecule has 0 radical (unpaired) electrons. The first-order chi connectivity index (χ1) is 17.3. The predicted molar refractivity (Wildman–Crippen MR) is 137 cm³/mol. The highest BCUT2D eigenvalue weighted by Gasteiger charge is 2.32. The molecule has 0 atom stereocenters. The molecule has 1 aliphatic heterocycles. The average molecular weight is 485 g/mol. The summed E-state index contributed by atoms with van der Waals surface area (Å²) in [4.78, 5) is 40.8. The van der Waals surface area contributed by atoms with Crippen molar-refractivity contribution in [2.75, 3.05) is 23.7 Å². The number of carbonyl (C=O) groups is 2. The maximum Gasteiger partial charge on any atom is 0.259 e. The van der Waals surface area contributed by atoms with Crippen LogP contribution in [0.25, 0.3) is 16.8 Å². The number of hydrogen-bond acceptors (Lipinski definition) is 7. The van der Waals surface area contributed by atoms with Crippen molar-refractivity contribution >= 4 is 28.7 Å². The Labute approximate surface area is 208 Å². The fourth-order valence-corrected chi connectivity index (χ4v) is 4.48. The van der Waals surface area contributed by atoms with Crippen LogP contribution in [0.5, 0.6) is 0 Å². The van der Waals surface area contributed by atoms with Crippen LogP contribution < -0.4 is 10.6 Å². The second kappa shape index (κ2) is 9.46. The van der Waals surface area contributed by atoms with Gasteiger partial charge in [0.05, 0.1) is 65.2 Å². The van der Waals surface area contributed by atoms with Crippen molar-refractivity contribution in [2.24, 2.45) is 0 Å². The van der Waals surface area contributed by atoms with Gasteiger partial charge in [0.15, 0.2) is 0 Å². The third kappa shape index (κ3) is 4.80. The highest BCUT2D eigenvalue weighted by atomic mass is 16.2. The molecule has 10 heteroatoms. The first-order valence-corrected chi connectivity index (χ1v) is 11.9. The number of anilines is 2. The number of aryl methyl sites for hydroxylation is 1. The van der Waals surface area contributed by atoms with E-state index in [9.17, 15) is 9.59 Å². The topological polar surface area (TPSA) is 117 Å². The smallest absolute Gasteiger partial charge is 0.259 e. The number of likely N-dealkylation sites (tertiary alicyclic amines) is 1. The van der Waals surface area contributed by atoms with Crippen LogP contribution in [-0.2, 0) is 4.79 Å². The third-order valence-electron chi connectivity index (χ3n) is 6.65. The zero-order valence-corrected chi connectivity index (χ0v) is 20.5. The number of pyridine rings is 2. The van der Waals surface area contributed by atoms with Crippen LogP contribution in [0.2, 0.25) is 0 Å². The van der Waals surface area contributed by atoms with E-state index in [4.69, 9.17) is 0 Å². The van der Waals surface area contributed by atoms with Crippen molar-refractivity contribution in [3.8, 4) is 11.3 Å². The second-order valence-electron chi connectivity index (χ2n) is 9.59. The Bertz CT molecular complexity index is 1430. The molecule has 2 N–H and O–H groups in total. The molecule has 0 saturated carbocycles. The van der Waals surface area contributed by atoms with E-state index in [2.05, 4.69) is 49.4 Å². The maximum absolute atomic E-state index is 13.1. The number of nitrogens with zero attached hydrogens (tertiary/aromatic N) is 6. The predicted octanol–water partition coefficient (Wildman–Crippen LogP) is 3.56. The monoisotopic (exact) mass is 484 g/mol. The molecular weight excluding hydrogens is 456 g/mol. The summed E-state index contributed by atoms with van der Waals surface area (Å²) >= 11 is 0. The Hall–Kier alpha value is -4.18. The van der Waals surface area contributed by atoms with Crippen LogP contribution >= 0.6 is 0 Å². The standard InChI is InChI=1S/C26H28N8O2/c1-17-21(11-19(12-28-17)31-24(35)16-33-10-4-7-26(33,2)3)32-25(36)20-13-30-34-15-22(29-14-23(20)34)18-5-8-27-9-6-18/h5-6,8-9,11-15H,4,7,10,16H2,1-3H3,(H,31,35)(H,32,36). The van der Waals surface area contributed by atoms with Crippen molar-refractivity contribution in [1.82, 2.24) is 29.5 Å². The zero-order chi connectivity index (χ0) is 25.3. The van der Waals surface area contributed by atoms with Crippen LogP contribution in [0.1, 0.15) is 42.7 Å². The zero-order valence-electron chi connectivity index (χ0n) is 20.5. The van der Waals surface area contributed by atoms with Crippen molar-refractivity contribution in [2.45, 2.75) is 39.2 Å². The van der Waals surface area contributed by atoms with Gasteiger partial charge < -0.3 is 10.6 Å². The molecule has 184 valence electrons. The van der Waals surface area contributed by atoms with Crippen molar-refractivity contribution < 1.29 is 9.59 Å². The van der Waals surface area contributed by atoms with Gasteiger partial charge >= 0.3 is 0 Å². The molecule has 0 aliphatic carbocycles. The molecule has 4 aromatic rings. The lowest BCUT2D eigenvalue weighted by Crippen LogP contribution is -2.42. The van der Waals surface area contributed by atoms with Crippen LogP contribution in [0, 0.1) is 6.92 Å². The van der Waals surface area contributed by atoms with E-state index in [1.165, 1.54) is 6.20 Å². The average Bonchev–Trinajstić information content (AvgIpc) is 3.43. The number of rotatable bonds is 6. The van der Waals surface area contributed by atoms with Gasteiger partial charge in [-0.3, -0.25) is 29.4 Å². The molecule has 2 amide bonds. The molecule has 5 rings (SSSR count). The van der Waals surface area contributed by atoms with Crippen LogP contribution in [0.15, 0.2) is 55.4 Å². The van der Waals surface area contributed by atoms with Crippen molar-refractivity contribution in [3.05, 3.63) is 66.6 Å². The number of nitrogens with one attached hydrogen (secondary N) is 2. The van der Waals surface area contributed by atoms with Gasteiger partial charge in [-0.15, -0.1) is 0 Å². The van der Waals surface area contributed by atoms with Crippen LogP contribution in [0.4, 0.5) is 11.4 Å². The SMILES string of the molecule is Cc1ncc(NC(=O)CN2CCCC2(C)C)cc1NC(=O)c1cnn2cc(-c3ccncc3)ncc12. The minimum atomic E-state index is -0.337. The molecule has 0 aromatic carbocycles. The summed E-state index contributed by atoms with van der Waals surface area (Å²) in [6.45, 7) is 7.34. The summed E-state index contributed by atoms with van der Waals surface area (Å²) in [7, 11) is 0. The quantitative estimate of drug-likeness (QED) is 0.430. The van der Waals surface area contributed by atoms with Gasteiger partial charge in [-0.05, 0) is 58.4 Å². The molecule has 36 heavy (non-hydrogen) atoms. The number of fused-ring (bicyclic) bond motifs is 1. The molecule has 1 fully saturated rings. The third-order valence-corrected chi connectivity index (χ3v) is 6.65. The Balaban J connectivity index is 1.30. The lowest BCUT2D eigenvalue weighted by atomic mass is 10.0. The molecule has 1 aliphatic rings. The van der Waals surface area contributed by atoms with Gasteiger partial charge in [-0.1, -0.05) is 0 Å². The van der Waals surface area contributed by atoms with E-state index >= 15 is 0 Å². The van der Waals surface area contributed by atoms with E-state index in [1.807, 2.05) is 12.1 Å². The Morgan fingerprint density at radius 2 is 1.89 bits per heavy atom. The highest BCUT2D eigenvalue weighted by molar-refractivity contribution is 6.09. The lowest BCUT2D eigenvalue weighted by molar-refractivity contribution is -0.118. The lowest BCUT2D eigenvalue weighted by Gasteiger charge is -2.30. The molecule has 5 heterocycles. The minimum Gasteiger partial charge on any atom is -0.324 e. The van der Waals surface area contributed by atoms with Gasteiger partial charge in [0.2, 0.25) is 5.91 Å². The normalized spacial score (nSPS) is 15.2.